The van der Waals surface area contributed by atoms with Crippen molar-refractivity contribution in [3.8, 4) is 0 Å². The molecule has 0 fully saturated rings. The van der Waals surface area contributed by atoms with Gasteiger partial charge in [0.1, 0.15) is 5.76 Å². The van der Waals surface area contributed by atoms with Gasteiger partial charge in [0, 0.05) is 19.9 Å². The lowest BCUT2D eigenvalue weighted by atomic mass is 10.1. The number of hydrogen-bond acceptors (Lipinski definition) is 5. The third-order valence-corrected chi connectivity index (χ3v) is 2.60. The number of aryl methyl sites for hydroxylation is 1. The molecule has 0 saturated carbocycles. The van der Waals surface area contributed by atoms with E-state index in [1.165, 1.54) is 0 Å². The summed E-state index contributed by atoms with van der Waals surface area (Å²) in [5, 5.41) is 7.27. The Labute approximate surface area is 100 Å². The first-order chi connectivity index (χ1) is 8.29. The van der Waals surface area contributed by atoms with Crippen molar-refractivity contribution in [2.24, 2.45) is 0 Å². The van der Waals surface area contributed by atoms with Crippen molar-refractivity contribution in [2.45, 2.75) is 32.7 Å². The smallest absolute Gasteiger partial charge is 0.223 e. The second-order valence-corrected chi connectivity index (χ2v) is 3.91. The third kappa shape index (κ3) is 3.17. The monoisotopic (exact) mass is 235 g/mol. The maximum Gasteiger partial charge on any atom is 0.223 e. The van der Waals surface area contributed by atoms with Gasteiger partial charge in [0.25, 0.3) is 0 Å². The van der Waals surface area contributed by atoms with E-state index in [0.717, 1.165) is 31.0 Å². The van der Waals surface area contributed by atoms with E-state index >= 15 is 0 Å². The fourth-order valence-electron chi connectivity index (χ4n) is 1.74. The summed E-state index contributed by atoms with van der Waals surface area (Å²) in [6.45, 7) is 4.72. The molecule has 5 heteroatoms. The Morgan fingerprint density at radius 1 is 1.47 bits per heavy atom. The average Bonchev–Trinajstić information content (AvgIpc) is 2.96. The van der Waals surface area contributed by atoms with E-state index in [0.29, 0.717) is 5.89 Å². The minimum Gasteiger partial charge on any atom is -0.468 e. The third-order valence-electron chi connectivity index (χ3n) is 2.60. The van der Waals surface area contributed by atoms with E-state index in [1.807, 2.05) is 12.1 Å². The van der Waals surface area contributed by atoms with Crippen molar-refractivity contribution in [3.63, 3.8) is 0 Å². The molecule has 0 spiro atoms. The summed E-state index contributed by atoms with van der Waals surface area (Å²) < 4.78 is 10.3. The molecular formula is C12H17N3O2. The summed E-state index contributed by atoms with van der Waals surface area (Å²) >= 11 is 0. The van der Waals surface area contributed by atoms with Crippen molar-refractivity contribution < 1.29 is 8.94 Å². The molecule has 0 aromatic carbocycles. The molecule has 0 aliphatic carbocycles. The van der Waals surface area contributed by atoms with Gasteiger partial charge in [-0.3, -0.25) is 0 Å². The lowest BCUT2D eigenvalue weighted by molar-refractivity contribution is 0.382. The lowest BCUT2D eigenvalue weighted by Gasteiger charge is -2.13. The molecule has 1 atom stereocenters. The fourth-order valence-corrected chi connectivity index (χ4v) is 1.74. The van der Waals surface area contributed by atoms with Gasteiger partial charge in [0.15, 0.2) is 5.82 Å². The Morgan fingerprint density at radius 3 is 2.94 bits per heavy atom. The first kappa shape index (κ1) is 11.9. The summed E-state index contributed by atoms with van der Waals surface area (Å²) in [6.07, 6.45) is 3.44. The minimum absolute atomic E-state index is 0.248. The van der Waals surface area contributed by atoms with E-state index in [1.54, 1.807) is 13.2 Å². The molecule has 0 aliphatic rings. The molecule has 2 rings (SSSR count). The second kappa shape index (κ2) is 5.63. The highest BCUT2D eigenvalue weighted by atomic mass is 16.5. The van der Waals surface area contributed by atoms with Crippen LogP contribution in [0.3, 0.4) is 0 Å². The van der Waals surface area contributed by atoms with E-state index in [-0.39, 0.29) is 6.04 Å². The van der Waals surface area contributed by atoms with Gasteiger partial charge in [0.05, 0.1) is 12.3 Å². The van der Waals surface area contributed by atoms with Crippen LogP contribution in [-0.2, 0) is 6.42 Å². The van der Waals surface area contributed by atoms with Gasteiger partial charge in [-0.15, -0.1) is 0 Å². The van der Waals surface area contributed by atoms with E-state index < -0.39 is 0 Å². The van der Waals surface area contributed by atoms with Crippen LogP contribution in [0, 0.1) is 6.92 Å². The molecule has 0 radical (unpaired) electrons. The Balaban J connectivity index is 1.81. The summed E-state index contributed by atoms with van der Waals surface area (Å²) in [5.74, 6) is 2.32. The van der Waals surface area contributed by atoms with E-state index in [4.69, 9.17) is 8.94 Å². The highest BCUT2D eigenvalue weighted by Gasteiger charge is 2.11. The SMILES string of the molecule is CCC(NCCc1noc(C)n1)c1ccco1. The number of nitrogens with one attached hydrogen (secondary N) is 1. The molecule has 1 N–H and O–H groups in total. The molecule has 5 nitrogen and oxygen atoms in total. The van der Waals surface area contributed by atoms with Crippen molar-refractivity contribution in [1.29, 1.82) is 0 Å². The van der Waals surface area contributed by atoms with Crippen LogP contribution in [0.15, 0.2) is 27.3 Å². The zero-order chi connectivity index (χ0) is 12.1. The summed E-state index contributed by atoms with van der Waals surface area (Å²) in [5.41, 5.74) is 0. The van der Waals surface area contributed by atoms with Crippen LogP contribution in [0.2, 0.25) is 0 Å². The van der Waals surface area contributed by atoms with Crippen LogP contribution in [0.1, 0.15) is 36.9 Å². The predicted molar refractivity (Wildman–Crippen MR) is 62.5 cm³/mol. The molecule has 17 heavy (non-hydrogen) atoms. The van der Waals surface area contributed by atoms with Crippen LogP contribution in [0.25, 0.3) is 0 Å². The molecular weight excluding hydrogens is 218 g/mol. The van der Waals surface area contributed by atoms with E-state index in [9.17, 15) is 0 Å². The first-order valence-electron chi connectivity index (χ1n) is 5.85. The molecule has 0 saturated heterocycles. The Hall–Kier alpha value is -1.62. The minimum atomic E-state index is 0.248. The topological polar surface area (TPSA) is 64.1 Å². The van der Waals surface area contributed by atoms with Crippen LogP contribution in [-0.4, -0.2) is 16.7 Å². The molecule has 2 aromatic heterocycles. The highest BCUT2D eigenvalue weighted by Crippen LogP contribution is 2.16. The van der Waals surface area contributed by atoms with Gasteiger partial charge >= 0.3 is 0 Å². The summed E-state index contributed by atoms with van der Waals surface area (Å²) in [6, 6.07) is 4.14. The Bertz CT molecular complexity index is 436. The van der Waals surface area contributed by atoms with Crippen molar-refractivity contribution >= 4 is 0 Å². The van der Waals surface area contributed by atoms with Gasteiger partial charge in [-0.05, 0) is 18.6 Å². The number of rotatable bonds is 6. The standard InChI is InChI=1S/C12H17N3O2/c1-3-10(11-5-4-8-16-11)13-7-6-12-14-9(2)17-15-12/h4-5,8,10,13H,3,6-7H2,1-2H3. The van der Waals surface area contributed by atoms with Crippen molar-refractivity contribution in [2.75, 3.05) is 6.54 Å². The van der Waals surface area contributed by atoms with Gasteiger partial charge in [-0.1, -0.05) is 12.1 Å². The molecule has 1 unspecified atom stereocenters. The number of aromatic nitrogens is 2. The fraction of sp³-hybridized carbons (Fsp3) is 0.500. The molecule has 2 heterocycles. The first-order valence-corrected chi connectivity index (χ1v) is 5.85. The van der Waals surface area contributed by atoms with Crippen LogP contribution in [0.5, 0.6) is 0 Å². The number of nitrogens with zero attached hydrogens (tertiary/aromatic N) is 2. The summed E-state index contributed by atoms with van der Waals surface area (Å²) in [7, 11) is 0. The zero-order valence-corrected chi connectivity index (χ0v) is 10.1. The Kier molecular flexibility index (Phi) is 3.93. The van der Waals surface area contributed by atoms with Crippen LogP contribution < -0.4 is 5.32 Å². The second-order valence-electron chi connectivity index (χ2n) is 3.91. The maximum absolute atomic E-state index is 5.38. The zero-order valence-electron chi connectivity index (χ0n) is 10.1. The van der Waals surface area contributed by atoms with Gasteiger partial charge < -0.3 is 14.3 Å². The van der Waals surface area contributed by atoms with Gasteiger partial charge in [-0.25, -0.2) is 0 Å². The normalized spacial score (nSPS) is 12.8. The molecule has 2 aromatic rings. The van der Waals surface area contributed by atoms with Crippen LogP contribution >= 0.6 is 0 Å². The maximum atomic E-state index is 5.38. The molecule has 0 amide bonds. The van der Waals surface area contributed by atoms with Crippen molar-refractivity contribution in [3.05, 3.63) is 35.9 Å². The molecule has 92 valence electrons. The average molecular weight is 235 g/mol. The van der Waals surface area contributed by atoms with E-state index in [2.05, 4.69) is 22.4 Å². The highest BCUT2D eigenvalue weighted by molar-refractivity contribution is 5.04. The number of furan rings is 1. The molecule has 0 bridgehead atoms. The Morgan fingerprint density at radius 2 is 2.35 bits per heavy atom. The van der Waals surface area contributed by atoms with Gasteiger partial charge in [-0.2, -0.15) is 4.98 Å². The molecule has 0 aliphatic heterocycles. The van der Waals surface area contributed by atoms with Gasteiger partial charge in [0.2, 0.25) is 5.89 Å². The largest absolute Gasteiger partial charge is 0.468 e. The van der Waals surface area contributed by atoms with Crippen LogP contribution in [0.4, 0.5) is 0 Å². The quantitative estimate of drug-likeness (QED) is 0.832. The number of hydrogen-bond donors (Lipinski definition) is 1. The van der Waals surface area contributed by atoms with Crippen molar-refractivity contribution in [1.82, 2.24) is 15.5 Å². The predicted octanol–water partition coefficient (Wildman–Crippen LogP) is 2.25. The summed E-state index contributed by atoms with van der Waals surface area (Å²) in [4.78, 5) is 4.15. The lowest BCUT2D eigenvalue weighted by Crippen LogP contribution is -2.23.